The molecule has 1 heterocycles. The molecule has 0 aromatic heterocycles. The smallest absolute Gasteiger partial charge is 0.243 e. The predicted molar refractivity (Wildman–Crippen MR) is 132 cm³/mol. The Balaban J connectivity index is 1.68. The van der Waals surface area contributed by atoms with E-state index in [-0.39, 0.29) is 35.5 Å². The number of nitrogens with zero attached hydrogens (tertiary/aromatic N) is 2. The van der Waals surface area contributed by atoms with Crippen LogP contribution in [0.2, 0.25) is 0 Å². The molecule has 2 amide bonds. The van der Waals surface area contributed by atoms with Crippen LogP contribution >= 0.6 is 0 Å². The van der Waals surface area contributed by atoms with Crippen LogP contribution < -0.4 is 5.32 Å². The van der Waals surface area contributed by atoms with E-state index >= 15 is 0 Å². The van der Waals surface area contributed by atoms with Gasteiger partial charge in [-0.1, -0.05) is 31.2 Å². The van der Waals surface area contributed by atoms with Crippen molar-refractivity contribution in [3.63, 3.8) is 0 Å². The van der Waals surface area contributed by atoms with Crippen LogP contribution in [0.4, 0.5) is 4.39 Å². The van der Waals surface area contributed by atoms with Gasteiger partial charge in [0.1, 0.15) is 11.9 Å². The molecule has 1 N–H and O–H groups in total. The highest BCUT2D eigenvalue weighted by Gasteiger charge is 2.28. The summed E-state index contributed by atoms with van der Waals surface area (Å²) in [6, 6.07) is 11.8. The van der Waals surface area contributed by atoms with E-state index in [2.05, 4.69) is 5.32 Å². The van der Waals surface area contributed by atoms with Gasteiger partial charge in [0.25, 0.3) is 0 Å². The summed E-state index contributed by atoms with van der Waals surface area (Å²) >= 11 is 0. The highest BCUT2D eigenvalue weighted by molar-refractivity contribution is 7.89. The van der Waals surface area contributed by atoms with Crippen LogP contribution in [0.3, 0.4) is 0 Å². The topological polar surface area (TPSA) is 86.8 Å². The van der Waals surface area contributed by atoms with E-state index in [0.717, 1.165) is 30.4 Å². The molecule has 2 aromatic carbocycles. The Morgan fingerprint density at radius 2 is 1.63 bits per heavy atom. The number of aryl methyl sites for hydroxylation is 1. The van der Waals surface area contributed by atoms with Crippen LogP contribution in [0.5, 0.6) is 0 Å². The molecule has 2 aromatic rings. The maximum absolute atomic E-state index is 13.3. The molecule has 3 rings (SSSR count). The fourth-order valence-corrected chi connectivity index (χ4v) is 5.58. The lowest BCUT2D eigenvalue weighted by Gasteiger charge is -2.29. The summed E-state index contributed by atoms with van der Waals surface area (Å²) in [5.41, 5.74) is 1.56. The Morgan fingerprint density at radius 3 is 2.23 bits per heavy atom. The number of halogens is 1. The first-order valence-electron chi connectivity index (χ1n) is 12.1. The quantitative estimate of drug-likeness (QED) is 0.509. The molecule has 0 spiro atoms. The van der Waals surface area contributed by atoms with Crippen molar-refractivity contribution >= 4 is 21.8 Å². The second-order valence-corrected chi connectivity index (χ2v) is 10.8. The van der Waals surface area contributed by atoms with E-state index in [9.17, 15) is 22.4 Å². The molecule has 0 aliphatic carbocycles. The monoisotopic (exact) mass is 503 g/mol. The van der Waals surface area contributed by atoms with E-state index in [4.69, 9.17) is 0 Å². The van der Waals surface area contributed by atoms with E-state index in [1.165, 1.54) is 21.3 Å². The lowest BCUT2D eigenvalue weighted by molar-refractivity contribution is -0.140. The minimum Gasteiger partial charge on any atom is -0.354 e. The Labute approximate surface area is 207 Å². The van der Waals surface area contributed by atoms with Crippen molar-refractivity contribution in [2.45, 2.75) is 63.4 Å². The molecule has 9 heteroatoms. The Kier molecular flexibility index (Phi) is 9.40. The fraction of sp³-hybridized carbons (Fsp3) is 0.462. The Morgan fingerprint density at radius 1 is 1.03 bits per heavy atom. The molecular weight excluding hydrogens is 469 g/mol. The fourth-order valence-electron chi connectivity index (χ4n) is 4.07. The highest BCUT2D eigenvalue weighted by Crippen LogP contribution is 2.22. The summed E-state index contributed by atoms with van der Waals surface area (Å²) in [4.78, 5) is 27.5. The molecule has 0 bridgehead atoms. The third kappa shape index (κ3) is 7.11. The molecule has 1 aliphatic rings. The number of benzene rings is 2. The summed E-state index contributed by atoms with van der Waals surface area (Å²) in [7, 11) is -3.48. The summed E-state index contributed by atoms with van der Waals surface area (Å²) in [5.74, 6) is -0.809. The van der Waals surface area contributed by atoms with Gasteiger partial charge in [-0.25, -0.2) is 12.8 Å². The van der Waals surface area contributed by atoms with Crippen molar-refractivity contribution in [2.24, 2.45) is 0 Å². The highest BCUT2D eigenvalue weighted by atomic mass is 32.2. The Bertz CT molecular complexity index is 1100. The van der Waals surface area contributed by atoms with Crippen molar-refractivity contribution in [3.8, 4) is 0 Å². The van der Waals surface area contributed by atoms with E-state index in [1.54, 1.807) is 43.3 Å². The van der Waals surface area contributed by atoms with Gasteiger partial charge in [-0.15, -0.1) is 0 Å². The average molecular weight is 504 g/mol. The third-order valence-electron chi connectivity index (χ3n) is 6.24. The first-order valence-corrected chi connectivity index (χ1v) is 13.6. The zero-order chi connectivity index (χ0) is 25.4. The van der Waals surface area contributed by atoms with Gasteiger partial charge in [0.05, 0.1) is 4.90 Å². The number of amides is 2. The lowest BCUT2D eigenvalue weighted by atomic mass is 10.1. The zero-order valence-corrected chi connectivity index (χ0v) is 21.2. The summed E-state index contributed by atoms with van der Waals surface area (Å²) in [6.07, 6.45) is 3.11. The maximum Gasteiger partial charge on any atom is 0.243 e. The molecule has 1 aliphatic heterocycles. The summed E-state index contributed by atoms with van der Waals surface area (Å²) in [5, 5.41) is 2.83. The van der Waals surface area contributed by atoms with Crippen LogP contribution in [-0.4, -0.2) is 55.1 Å². The number of sulfonamides is 1. The average Bonchev–Trinajstić information content (AvgIpc) is 3.41. The van der Waals surface area contributed by atoms with E-state index in [0.29, 0.717) is 26.1 Å². The molecule has 1 saturated heterocycles. The molecule has 190 valence electrons. The normalized spacial score (nSPS) is 15.1. The van der Waals surface area contributed by atoms with Crippen LogP contribution in [0.15, 0.2) is 53.4 Å². The van der Waals surface area contributed by atoms with Crippen LogP contribution in [0.1, 0.15) is 50.7 Å². The number of carbonyl (C=O) groups excluding carboxylic acids is 2. The maximum atomic E-state index is 13.3. The van der Waals surface area contributed by atoms with Crippen LogP contribution in [0, 0.1) is 5.82 Å². The number of hydrogen-bond acceptors (Lipinski definition) is 4. The molecule has 7 nitrogen and oxygen atoms in total. The minimum absolute atomic E-state index is 0.158. The first kappa shape index (κ1) is 26.8. The number of rotatable bonds is 11. The Hall–Kier alpha value is -2.78. The van der Waals surface area contributed by atoms with E-state index in [1.807, 2.05) is 6.92 Å². The predicted octanol–water partition coefficient (Wildman–Crippen LogP) is 3.49. The number of hydrogen-bond donors (Lipinski definition) is 1. The number of carbonyl (C=O) groups is 2. The van der Waals surface area contributed by atoms with Gasteiger partial charge in [0, 0.05) is 32.6 Å². The van der Waals surface area contributed by atoms with Gasteiger partial charge >= 0.3 is 0 Å². The van der Waals surface area contributed by atoms with Gasteiger partial charge < -0.3 is 10.2 Å². The van der Waals surface area contributed by atoms with Gasteiger partial charge in [0.15, 0.2) is 0 Å². The molecule has 0 radical (unpaired) electrons. The van der Waals surface area contributed by atoms with Crippen molar-refractivity contribution < 1.29 is 22.4 Å². The van der Waals surface area contributed by atoms with Crippen molar-refractivity contribution in [1.29, 1.82) is 0 Å². The van der Waals surface area contributed by atoms with E-state index < -0.39 is 16.1 Å². The summed E-state index contributed by atoms with van der Waals surface area (Å²) < 4.78 is 40.3. The molecule has 35 heavy (non-hydrogen) atoms. The minimum atomic E-state index is -3.48. The van der Waals surface area contributed by atoms with Crippen molar-refractivity contribution in [3.05, 3.63) is 65.5 Å². The first-order chi connectivity index (χ1) is 16.7. The second kappa shape index (κ2) is 12.3. The van der Waals surface area contributed by atoms with Gasteiger partial charge in [0.2, 0.25) is 21.8 Å². The molecular formula is C26H34FN3O4S. The zero-order valence-electron chi connectivity index (χ0n) is 20.4. The van der Waals surface area contributed by atoms with Gasteiger partial charge in [-0.05, 0) is 68.0 Å². The van der Waals surface area contributed by atoms with Gasteiger partial charge in [-0.2, -0.15) is 4.31 Å². The molecule has 0 unspecified atom stereocenters. The molecule has 0 saturated carbocycles. The van der Waals surface area contributed by atoms with Crippen molar-refractivity contribution in [2.75, 3.05) is 19.6 Å². The van der Waals surface area contributed by atoms with Crippen molar-refractivity contribution in [1.82, 2.24) is 14.5 Å². The second-order valence-electron chi connectivity index (χ2n) is 8.87. The van der Waals surface area contributed by atoms with Crippen LogP contribution in [-0.2, 0) is 32.6 Å². The SMILES string of the molecule is CCCNC(=O)[C@H](C)N(Cc1ccc(F)cc1)C(=O)CCc1ccc(S(=O)(=O)N2CCCC2)cc1. The third-order valence-corrected chi connectivity index (χ3v) is 8.15. The van der Waals surface area contributed by atoms with Crippen LogP contribution in [0.25, 0.3) is 0 Å². The van der Waals surface area contributed by atoms with Gasteiger partial charge in [-0.3, -0.25) is 9.59 Å². The molecule has 1 fully saturated rings. The lowest BCUT2D eigenvalue weighted by Crippen LogP contribution is -2.47. The largest absolute Gasteiger partial charge is 0.354 e. The number of nitrogens with one attached hydrogen (secondary N) is 1. The summed E-state index contributed by atoms with van der Waals surface area (Å²) in [6.45, 7) is 5.44. The molecule has 1 atom stereocenters. The standard InChI is InChI=1S/C26H34FN3O4S/c1-3-16-28-26(32)20(2)30(19-22-6-11-23(27)12-7-22)25(31)15-10-21-8-13-24(14-9-21)35(33,34)29-17-4-5-18-29/h6-9,11-14,20H,3-5,10,15-19H2,1-2H3,(H,28,32)/t20-/m0/s1.